The average Bonchev–Trinajstić information content (AvgIpc) is 2.96. The zero-order valence-corrected chi connectivity index (χ0v) is 14.4. The summed E-state index contributed by atoms with van der Waals surface area (Å²) in [5, 5.41) is 14.9. The molecule has 0 aliphatic rings. The third-order valence-electron chi connectivity index (χ3n) is 3.67. The Kier molecular flexibility index (Phi) is 4.54. The lowest BCUT2D eigenvalue weighted by Crippen LogP contribution is -2.38. The van der Waals surface area contributed by atoms with E-state index in [4.69, 9.17) is 27.6 Å². The van der Waals surface area contributed by atoms with Crippen molar-refractivity contribution in [2.24, 2.45) is 0 Å². The molecule has 1 atom stereocenters. The molecule has 1 aromatic heterocycles. The molecule has 0 bridgehead atoms. The normalized spacial score (nSPS) is 13.7. The number of furan rings is 1. The Morgan fingerprint density at radius 1 is 1.17 bits per heavy atom. The fourth-order valence-corrected chi connectivity index (χ4v) is 2.90. The Labute approximate surface area is 149 Å². The molecule has 1 heterocycles. The minimum absolute atomic E-state index is 0.0181. The first-order chi connectivity index (χ1) is 11.3. The van der Waals surface area contributed by atoms with Crippen molar-refractivity contribution in [3.63, 3.8) is 0 Å². The van der Waals surface area contributed by atoms with Crippen LogP contribution >= 0.6 is 23.2 Å². The minimum Gasteiger partial charge on any atom is -0.458 e. The molecule has 3 aromatic rings. The first-order valence-electron chi connectivity index (χ1n) is 7.31. The van der Waals surface area contributed by atoms with Crippen molar-refractivity contribution in [1.82, 2.24) is 5.32 Å². The highest BCUT2D eigenvalue weighted by Crippen LogP contribution is 2.27. The number of aliphatic hydroxyl groups is 1. The molecule has 0 aliphatic heterocycles. The van der Waals surface area contributed by atoms with Crippen LogP contribution in [0.4, 0.5) is 0 Å². The van der Waals surface area contributed by atoms with E-state index in [-0.39, 0.29) is 12.5 Å². The van der Waals surface area contributed by atoms with Gasteiger partial charge in [0, 0.05) is 21.0 Å². The maximum Gasteiger partial charge on any atom is 0.251 e. The number of hydrogen-bond donors (Lipinski definition) is 2. The number of nitrogens with one attached hydrogen (secondary N) is 1. The Morgan fingerprint density at radius 2 is 1.83 bits per heavy atom. The van der Waals surface area contributed by atoms with Gasteiger partial charge in [-0.3, -0.25) is 4.79 Å². The summed E-state index contributed by atoms with van der Waals surface area (Å²) in [6, 6.07) is 13.8. The predicted octanol–water partition coefficient (Wildman–Crippen LogP) is 4.38. The van der Waals surface area contributed by atoms with Crippen LogP contribution in [0.25, 0.3) is 11.0 Å². The predicted molar refractivity (Wildman–Crippen MR) is 94.6 cm³/mol. The number of hydrogen-bond acceptors (Lipinski definition) is 3. The van der Waals surface area contributed by atoms with Crippen LogP contribution in [-0.4, -0.2) is 17.6 Å². The summed E-state index contributed by atoms with van der Waals surface area (Å²) in [4.78, 5) is 12.2. The number of halogens is 2. The van der Waals surface area contributed by atoms with Crippen LogP contribution in [-0.2, 0) is 5.60 Å². The molecule has 0 aliphatic carbocycles. The van der Waals surface area contributed by atoms with E-state index in [9.17, 15) is 9.90 Å². The van der Waals surface area contributed by atoms with E-state index >= 15 is 0 Å². The fourth-order valence-electron chi connectivity index (χ4n) is 2.37. The molecule has 6 heteroatoms. The van der Waals surface area contributed by atoms with E-state index in [0.29, 0.717) is 27.0 Å². The molecule has 0 saturated carbocycles. The standard InChI is InChI=1S/C18H15Cl2NO3/c1-18(23,16-8-11-4-2-3-5-15(11)24-16)10-21-17(22)12-6-13(19)9-14(20)7-12/h2-9,23H,10H2,1H3,(H,21,22). The van der Waals surface area contributed by atoms with E-state index in [1.54, 1.807) is 19.1 Å². The summed E-state index contributed by atoms with van der Waals surface area (Å²) in [5.41, 5.74) is -0.342. The Morgan fingerprint density at radius 3 is 2.50 bits per heavy atom. The Bertz CT molecular complexity index is 849. The summed E-state index contributed by atoms with van der Waals surface area (Å²) in [7, 11) is 0. The number of para-hydroxylation sites is 1. The van der Waals surface area contributed by atoms with Gasteiger partial charge in [0.1, 0.15) is 16.9 Å². The molecule has 24 heavy (non-hydrogen) atoms. The van der Waals surface area contributed by atoms with E-state index in [1.165, 1.54) is 12.1 Å². The number of rotatable bonds is 4. The van der Waals surface area contributed by atoms with Gasteiger partial charge in [-0.15, -0.1) is 0 Å². The highest BCUT2D eigenvalue weighted by atomic mass is 35.5. The van der Waals surface area contributed by atoms with Crippen LogP contribution in [0.2, 0.25) is 10.0 Å². The van der Waals surface area contributed by atoms with Gasteiger partial charge in [0.2, 0.25) is 0 Å². The highest BCUT2D eigenvalue weighted by Gasteiger charge is 2.28. The van der Waals surface area contributed by atoms with Crippen molar-refractivity contribution in [3.8, 4) is 0 Å². The largest absolute Gasteiger partial charge is 0.458 e. The molecule has 2 N–H and O–H groups in total. The molecule has 2 aromatic carbocycles. The van der Waals surface area contributed by atoms with Crippen LogP contribution in [0.5, 0.6) is 0 Å². The molecule has 0 spiro atoms. The van der Waals surface area contributed by atoms with Crippen LogP contribution in [0.1, 0.15) is 23.0 Å². The van der Waals surface area contributed by atoms with Crippen LogP contribution in [0.3, 0.4) is 0 Å². The summed E-state index contributed by atoms with van der Waals surface area (Å²) in [5.74, 6) is 0.00362. The minimum atomic E-state index is -1.35. The second kappa shape index (κ2) is 6.48. The van der Waals surface area contributed by atoms with Crippen molar-refractivity contribution in [1.29, 1.82) is 0 Å². The Hall–Kier alpha value is -2.01. The van der Waals surface area contributed by atoms with Crippen molar-refractivity contribution < 1.29 is 14.3 Å². The van der Waals surface area contributed by atoms with E-state index in [1.807, 2.05) is 24.3 Å². The first kappa shape index (κ1) is 16.8. The van der Waals surface area contributed by atoms with E-state index in [0.717, 1.165) is 5.39 Å². The molecule has 1 amide bonds. The van der Waals surface area contributed by atoms with E-state index in [2.05, 4.69) is 5.32 Å². The zero-order valence-electron chi connectivity index (χ0n) is 12.8. The lowest BCUT2D eigenvalue weighted by Gasteiger charge is -2.21. The maximum absolute atomic E-state index is 12.2. The molecular formula is C18H15Cl2NO3. The third kappa shape index (κ3) is 3.56. The molecule has 4 nitrogen and oxygen atoms in total. The van der Waals surface area contributed by atoms with Gasteiger partial charge >= 0.3 is 0 Å². The number of benzene rings is 2. The summed E-state index contributed by atoms with van der Waals surface area (Å²) in [6.45, 7) is 1.56. The van der Waals surface area contributed by atoms with Gasteiger partial charge in [-0.05, 0) is 37.3 Å². The second-order valence-corrected chi connectivity index (χ2v) is 6.64. The lowest BCUT2D eigenvalue weighted by molar-refractivity contribution is 0.0344. The van der Waals surface area contributed by atoms with Gasteiger partial charge in [-0.1, -0.05) is 41.4 Å². The van der Waals surface area contributed by atoms with Crippen LogP contribution in [0.15, 0.2) is 52.9 Å². The molecule has 0 radical (unpaired) electrons. The van der Waals surface area contributed by atoms with Gasteiger partial charge in [-0.25, -0.2) is 0 Å². The van der Waals surface area contributed by atoms with Gasteiger partial charge < -0.3 is 14.8 Å². The number of fused-ring (bicyclic) bond motifs is 1. The number of carbonyl (C=O) groups is 1. The van der Waals surface area contributed by atoms with Crippen molar-refractivity contribution in [2.75, 3.05) is 6.54 Å². The quantitative estimate of drug-likeness (QED) is 0.722. The molecule has 0 fully saturated rings. The van der Waals surface area contributed by atoms with Gasteiger partial charge in [0.05, 0.1) is 6.54 Å². The zero-order chi connectivity index (χ0) is 17.3. The smallest absolute Gasteiger partial charge is 0.251 e. The Balaban J connectivity index is 1.75. The van der Waals surface area contributed by atoms with Crippen LogP contribution < -0.4 is 5.32 Å². The SMILES string of the molecule is CC(O)(CNC(=O)c1cc(Cl)cc(Cl)c1)c1cc2ccccc2o1. The lowest BCUT2D eigenvalue weighted by atomic mass is 10.0. The topological polar surface area (TPSA) is 62.5 Å². The van der Waals surface area contributed by atoms with Gasteiger partial charge in [0.15, 0.2) is 0 Å². The van der Waals surface area contributed by atoms with E-state index < -0.39 is 5.60 Å². The summed E-state index contributed by atoms with van der Waals surface area (Å²) < 4.78 is 5.67. The molecule has 124 valence electrons. The monoisotopic (exact) mass is 363 g/mol. The van der Waals surface area contributed by atoms with Gasteiger partial charge in [0.25, 0.3) is 5.91 Å². The van der Waals surface area contributed by atoms with Crippen LogP contribution in [0, 0.1) is 0 Å². The van der Waals surface area contributed by atoms with Crippen molar-refractivity contribution in [2.45, 2.75) is 12.5 Å². The number of carbonyl (C=O) groups excluding carboxylic acids is 1. The summed E-state index contributed by atoms with van der Waals surface area (Å²) >= 11 is 11.8. The average molecular weight is 364 g/mol. The molecular weight excluding hydrogens is 349 g/mol. The molecule has 0 saturated heterocycles. The molecule has 1 unspecified atom stereocenters. The maximum atomic E-state index is 12.2. The second-order valence-electron chi connectivity index (χ2n) is 5.76. The third-order valence-corrected chi connectivity index (χ3v) is 4.11. The summed E-state index contributed by atoms with van der Waals surface area (Å²) in [6.07, 6.45) is 0. The van der Waals surface area contributed by atoms with Crippen molar-refractivity contribution in [3.05, 3.63) is 69.9 Å². The first-order valence-corrected chi connectivity index (χ1v) is 8.06. The molecule has 3 rings (SSSR count). The van der Waals surface area contributed by atoms with Gasteiger partial charge in [-0.2, -0.15) is 0 Å². The van der Waals surface area contributed by atoms with Crippen molar-refractivity contribution >= 4 is 40.1 Å². The highest BCUT2D eigenvalue weighted by molar-refractivity contribution is 6.35. The fraction of sp³-hybridized carbons (Fsp3) is 0.167. The number of amides is 1.